The summed E-state index contributed by atoms with van der Waals surface area (Å²) in [6.07, 6.45) is 0. The van der Waals surface area contributed by atoms with Gasteiger partial charge in [0.2, 0.25) is 11.7 Å². The van der Waals surface area contributed by atoms with Gasteiger partial charge in [-0.15, -0.1) is 0 Å². The van der Waals surface area contributed by atoms with Crippen LogP contribution in [-0.2, 0) is 4.79 Å². The minimum Gasteiger partial charge on any atom is -0.477 e. The van der Waals surface area contributed by atoms with Gasteiger partial charge in [-0.1, -0.05) is 0 Å². The van der Waals surface area contributed by atoms with Crippen LogP contribution in [0.1, 0.15) is 17.4 Å². The van der Waals surface area contributed by atoms with E-state index < -0.39 is 28.5 Å². The van der Waals surface area contributed by atoms with Crippen LogP contribution >= 0.6 is 0 Å². The topological polar surface area (TPSA) is 148 Å². The summed E-state index contributed by atoms with van der Waals surface area (Å²) >= 11 is 0. The van der Waals surface area contributed by atoms with E-state index in [0.717, 1.165) is 12.1 Å². The Hall–Kier alpha value is -2.71. The zero-order chi connectivity index (χ0) is 13.9. The highest BCUT2D eigenvalue weighted by Gasteiger charge is 2.21. The summed E-state index contributed by atoms with van der Waals surface area (Å²) in [5.41, 5.74) is 4.18. The van der Waals surface area contributed by atoms with Gasteiger partial charge in [0.25, 0.3) is 0 Å². The van der Waals surface area contributed by atoms with E-state index in [1.54, 1.807) is 0 Å². The molecule has 0 bridgehead atoms. The average Bonchev–Trinajstić information content (AvgIpc) is 2.28. The fraction of sp³-hybridized carbons (Fsp3) is 0.222. The van der Waals surface area contributed by atoms with E-state index in [1.807, 2.05) is 0 Å². The second-order valence-corrected chi connectivity index (χ2v) is 3.39. The van der Waals surface area contributed by atoms with Crippen LogP contribution in [0.2, 0.25) is 0 Å². The molecule has 0 aromatic carbocycles. The van der Waals surface area contributed by atoms with Crippen molar-refractivity contribution in [2.45, 2.75) is 13.0 Å². The van der Waals surface area contributed by atoms with Crippen molar-refractivity contribution in [3.05, 3.63) is 27.9 Å². The Morgan fingerprint density at radius 1 is 1.56 bits per heavy atom. The summed E-state index contributed by atoms with van der Waals surface area (Å²) in [5.74, 6) is -2.39. The predicted molar refractivity (Wildman–Crippen MR) is 60.1 cm³/mol. The average molecular weight is 254 g/mol. The molecule has 18 heavy (non-hydrogen) atoms. The molecule has 1 heterocycles. The summed E-state index contributed by atoms with van der Waals surface area (Å²) < 4.78 is 0. The Kier molecular flexibility index (Phi) is 3.77. The number of nitrogens with zero attached hydrogens (tertiary/aromatic N) is 2. The third-order valence-electron chi connectivity index (χ3n) is 2.07. The van der Waals surface area contributed by atoms with Crippen LogP contribution in [0.5, 0.6) is 0 Å². The minimum absolute atomic E-state index is 0.314. The number of anilines is 1. The summed E-state index contributed by atoms with van der Waals surface area (Å²) in [6.45, 7) is 1.38. The highest BCUT2D eigenvalue weighted by Crippen LogP contribution is 2.22. The maximum atomic E-state index is 10.8. The molecule has 96 valence electrons. The first-order valence-corrected chi connectivity index (χ1v) is 4.77. The van der Waals surface area contributed by atoms with Gasteiger partial charge >= 0.3 is 11.7 Å². The molecular weight excluding hydrogens is 244 g/mol. The number of carboxylic acid groups (broad SMARTS) is 1. The molecule has 4 N–H and O–H groups in total. The van der Waals surface area contributed by atoms with Crippen molar-refractivity contribution in [1.82, 2.24) is 4.98 Å². The van der Waals surface area contributed by atoms with Gasteiger partial charge in [-0.3, -0.25) is 14.9 Å². The van der Waals surface area contributed by atoms with Crippen molar-refractivity contribution >= 4 is 23.4 Å². The smallest absolute Gasteiger partial charge is 0.354 e. The number of hydrogen-bond donors (Lipinski definition) is 3. The van der Waals surface area contributed by atoms with Gasteiger partial charge in [-0.2, -0.15) is 0 Å². The van der Waals surface area contributed by atoms with Crippen molar-refractivity contribution in [2.75, 3.05) is 5.32 Å². The third kappa shape index (κ3) is 2.90. The van der Waals surface area contributed by atoms with Crippen LogP contribution < -0.4 is 11.1 Å². The molecule has 0 saturated carbocycles. The molecule has 1 aromatic heterocycles. The fourth-order valence-corrected chi connectivity index (χ4v) is 1.10. The van der Waals surface area contributed by atoms with E-state index in [4.69, 9.17) is 10.8 Å². The number of pyridine rings is 1. The maximum Gasteiger partial charge on any atom is 0.354 e. The summed E-state index contributed by atoms with van der Waals surface area (Å²) in [4.78, 5) is 35.1. The van der Waals surface area contributed by atoms with Crippen LogP contribution in [0.4, 0.5) is 11.5 Å². The molecule has 1 unspecified atom stereocenters. The van der Waals surface area contributed by atoms with Gasteiger partial charge in [-0.05, 0) is 13.0 Å². The summed E-state index contributed by atoms with van der Waals surface area (Å²) in [6, 6.07) is 1.08. The van der Waals surface area contributed by atoms with Crippen LogP contribution in [-0.4, -0.2) is 32.9 Å². The molecule has 0 fully saturated rings. The first kappa shape index (κ1) is 13.4. The molecule has 0 saturated heterocycles. The van der Waals surface area contributed by atoms with Gasteiger partial charge in [0.15, 0.2) is 5.69 Å². The number of rotatable bonds is 5. The lowest BCUT2D eigenvalue weighted by Gasteiger charge is -2.11. The number of aromatic nitrogens is 1. The van der Waals surface area contributed by atoms with Gasteiger partial charge in [0.05, 0.1) is 4.92 Å². The maximum absolute atomic E-state index is 10.8. The molecule has 1 rings (SSSR count). The van der Waals surface area contributed by atoms with Crippen molar-refractivity contribution in [3.63, 3.8) is 0 Å². The Balaban J connectivity index is 3.19. The van der Waals surface area contributed by atoms with Gasteiger partial charge in [-0.25, -0.2) is 9.78 Å². The predicted octanol–water partition coefficient (Wildman–Crippen LogP) is -0.0263. The minimum atomic E-state index is -1.33. The van der Waals surface area contributed by atoms with Gasteiger partial charge in [0.1, 0.15) is 6.04 Å². The number of nitrogens with two attached hydrogens (primary N) is 1. The molecule has 0 aliphatic carbocycles. The zero-order valence-corrected chi connectivity index (χ0v) is 9.28. The number of carbonyl (C=O) groups excluding carboxylic acids is 1. The number of primary amides is 1. The van der Waals surface area contributed by atoms with E-state index in [1.165, 1.54) is 6.92 Å². The number of hydrogen-bond acceptors (Lipinski definition) is 6. The Labute approximate surface area is 101 Å². The second kappa shape index (κ2) is 5.08. The van der Waals surface area contributed by atoms with E-state index in [-0.39, 0.29) is 11.5 Å². The third-order valence-corrected chi connectivity index (χ3v) is 2.07. The van der Waals surface area contributed by atoms with E-state index >= 15 is 0 Å². The lowest BCUT2D eigenvalue weighted by Crippen LogP contribution is -2.33. The Bertz CT molecular complexity index is 516. The number of nitrogens with one attached hydrogen (secondary N) is 1. The molecule has 0 radical (unpaired) electrons. The quantitative estimate of drug-likeness (QED) is 0.493. The molecule has 1 amide bonds. The largest absolute Gasteiger partial charge is 0.477 e. The molecule has 1 aromatic rings. The van der Waals surface area contributed by atoms with Crippen LogP contribution in [0.25, 0.3) is 0 Å². The summed E-state index contributed by atoms with van der Waals surface area (Å²) in [7, 11) is 0. The van der Waals surface area contributed by atoms with Crippen molar-refractivity contribution in [3.8, 4) is 0 Å². The number of amides is 1. The first-order valence-electron chi connectivity index (χ1n) is 4.77. The van der Waals surface area contributed by atoms with Gasteiger partial charge in [0, 0.05) is 6.07 Å². The van der Waals surface area contributed by atoms with E-state index in [9.17, 15) is 19.7 Å². The van der Waals surface area contributed by atoms with Crippen LogP contribution in [0.15, 0.2) is 12.1 Å². The number of aromatic carboxylic acids is 1. The van der Waals surface area contributed by atoms with Crippen LogP contribution in [0, 0.1) is 10.1 Å². The monoisotopic (exact) mass is 254 g/mol. The van der Waals surface area contributed by atoms with Crippen molar-refractivity contribution < 1.29 is 19.6 Å². The molecular formula is C9H10N4O5. The molecule has 9 nitrogen and oxygen atoms in total. The van der Waals surface area contributed by atoms with E-state index in [2.05, 4.69) is 10.3 Å². The second-order valence-electron chi connectivity index (χ2n) is 3.39. The lowest BCUT2D eigenvalue weighted by molar-refractivity contribution is -0.384. The molecule has 0 aliphatic heterocycles. The number of nitro groups is 1. The molecule has 0 spiro atoms. The zero-order valence-electron chi connectivity index (χ0n) is 9.28. The van der Waals surface area contributed by atoms with Gasteiger partial charge < -0.3 is 16.2 Å². The lowest BCUT2D eigenvalue weighted by atomic mass is 10.2. The normalized spacial score (nSPS) is 11.6. The SMILES string of the molecule is CC(Nc1nc(C(=O)O)ccc1[N+](=O)[O-])C(N)=O. The Morgan fingerprint density at radius 3 is 2.61 bits per heavy atom. The Morgan fingerprint density at radius 2 is 2.17 bits per heavy atom. The van der Waals surface area contributed by atoms with Crippen molar-refractivity contribution in [1.29, 1.82) is 0 Å². The highest BCUT2D eigenvalue weighted by atomic mass is 16.6. The summed E-state index contributed by atoms with van der Waals surface area (Å²) in [5, 5.41) is 21.8. The van der Waals surface area contributed by atoms with Crippen LogP contribution in [0.3, 0.4) is 0 Å². The number of carbonyl (C=O) groups is 2. The molecule has 0 aliphatic rings. The standard InChI is InChI=1S/C9H10N4O5/c1-4(7(10)14)11-8-6(13(17)18)3-2-5(12-8)9(15)16/h2-4H,1H3,(H2,10,14)(H,11,12)(H,15,16). The first-order chi connectivity index (χ1) is 8.32. The van der Waals surface area contributed by atoms with E-state index in [0.29, 0.717) is 0 Å². The molecule has 9 heteroatoms. The highest BCUT2D eigenvalue weighted by molar-refractivity contribution is 5.87. The fourth-order valence-electron chi connectivity index (χ4n) is 1.10. The molecule has 1 atom stereocenters. The van der Waals surface area contributed by atoms with Crippen molar-refractivity contribution in [2.24, 2.45) is 5.73 Å². The number of carboxylic acids is 1.